The number of carbonyl (C=O) groups is 2. The largest absolute Gasteiger partial charge is 0.506 e. The Bertz CT molecular complexity index is 942. The molecule has 134 valence electrons. The van der Waals surface area contributed by atoms with E-state index in [0.717, 1.165) is 22.9 Å². The molecule has 26 heavy (non-hydrogen) atoms. The summed E-state index contributed by atoms with van der Waals surface area (Å²) in [6.45, 7) is 0.129. The first-order valence-corrected chi connectivity index (χ1v) is 10.9. The normalized spacial score (nSPS) is 16.0. The van der Waals surface area contributed by atoms with E-state index in [1.165, 1.54) is 4.90 Å². The molecule has 0 bridgehead atoms. The molecule has 1 saturated heterocycles. The molecule has 0 unspecified atom stereocenters. The van der Waals surface area contributed by atoms with Crippen molar-refractivity contribution in [3.05, 3.63) is 63.5 Å². The summed E-state index contributed by atoms with van der Waals surface area (Å²) in [6, 6.07) is 8.51. The Kier molecular flexibility index (Phi) is 6.43. The Morgan fingerprint density at radius 2 is 1.73 bits per heavy atom. The van der Waals surface area contributed by atoms with E-state index in [0.29, 0.717) is 22.1 Å². The summed E-state index contributed by atoms with van der Waals surface area (Å²) in [7, 11) is 0. The molecule has 0 spiro atoms. The lowest BCUT2D eigenvalue weighted by Crippen LogP contribution is -2.27. The minimum Gasteiger partial charge on any atom is -0.506 e. The van der Waals surface area contributed by atoms with Gasteiger partial charge in [-0.3, -0.25) is 14.5 Å². The third-order valence-electron chi connectivity index (χ3n) is 3.54. The number of imide groups is 1. The van der Waals surface area contributed by atoms with Crippen molar-refractivity contribution in [2.24, 2.45) is 0 Å². The van der Waals surface area contributed by atoms with Crippen molar-refractivity contribution >= 4 is 97.4 Å². The van der Waals surface area contributed by atoms with Crippen molar-refractivity contribution in [2.45, 2.75) is 6.54 Å². The number of rotatable bonds is 3. The second-order valence-corrected chi connectivity index (χ2v) is 9.48. The molecule has 4 nitrogen and oxygen atoms in total. The maximum atomic E-state index is 12.6. The summed E-state index contributed by atoms with van der Waals surface area (Å²) >= 11 is 16.8. The minimum absolute atomic E-state index is 0.129. The van der Waals surface area contributed by atoms with Crippen LogP contribution in [0, 0.1) is 7.14 Å². The topological polar surface area (TPSA) is 57.6 Å². The van der Waals surface area contributed by atoms with Gasteiger partial charge in [0.1, 0.15) is 5.75 Å². The summed E-state index contributed by atoms with van der Waals surface area (Å²) < 4.78 is 1.35. The number of halogens is 4. The van der Waals surface area contributed by atoms with Gasteiger partial charge in [-0.05, 0) is 98.4 Å². The van der Waals surface area contributed by atoms with E-state index in [-0.39, 0.29) is 23.4 Å². The zero-order valence-corrected chi connectivity index (χ0v) is 19.4. The van der Waals surface area contributed by atoms with Crippen molar-refractivity contribution in [3.8, 4) is 5.75 Å². The number of benzene rings is 2. The molecule has 2 aromatic carbocycles. The number of hydrogen-bond donors (Lipinski definition) is 1. The van der Waals surface area contributed by atoms with Gasteiger partial charge in [0.15, 0.2) is 0 Å². The molecule has 2 aromatic rings. The maximum Gasteiger partial charge on any atom is 0.293 e. The van der Waals surface area contributed by atoms with E-state index in [9.17, 15) is 14.7 Å². The molecule has 0 saturated carbocycles. The number of aromatic hydroxyl groups is 1. The van der Waals surface area contributed by atoms with Gasteiger partial charge < -0.3 is 5.11 Å². The first-order chi connectivity index (χ1) is 12.3. The predicted molar refractivity (Wildman–Crippen MR) is 122 cm³/mol. The molecule has 1 fully saturated rings. The monoisotopic (exact) mass is 631 g/mol. The van der Waals surface area contributed by atoms with Crippen LogP contribution in [0.2, 0.25) is 10.0 Å². The van der Waals surface area contributed by atoms with Crippen LogP contribution in [0.25, 0.3) is 6.08 Å². The number of phenols is 1. The lowest BCUT2D eigenvalue weighted by atomic mass is 10.2. The summed E-state index contributed by atoms with van der Waals surface area (Å²) in [5, 5.41) is 10.3. The van der Waals surface area contributed by atoms with Gasteiger partial charge in [0.25, 0.3) is 11.1 Å². The molecular weight excluding hydrogens is 623 g/mol. The van der Waals surface area contributed by atoms with Crippen LogP contribution in [-0.2, 0) is 11.3 Å². The summed E-state index contributed by atoms with van der Waals surface area (Å²) in [5.41, 5.74) is 1.47. The highest BCUT2D eigenvalue weighted by Gasteiger charge is 2.35. The van der Waals surface area contributed by atoms with Gasteiger partial charge >= 0.3 is 0 Å². The first kappa shape index (κ1) is 20.2. The highest BCUT2D eigenvalue weighted by molar-refractivity contribution is 14.1. The average molecular weight is 632 g/mol. The van der Waals surface area contributed by atoms with E-state index in [4.69, 9.17) is 23.2 Å². The van der Waals surface area contributed by atoms with Crippen molar-refractivity contribution in [1.82, 2.24) is 4.90 Å². The molecule has 1 N–H and O–H groups in total. The fraction of sp³-hybridized carbons (Fsp3) is 0.0588. The van der Waals surface area contributed by atoms with Crippen LogP contribution in [0.4, 0.5) is 4.79 Å². The lowest BCUT2D eigenvalue weighted by molar-refractivity contribution is -0.123. The number of phenolic OH excluding ortho intramolecular Hbond substituents is 1. The smallest absolute Gasteiger partial charge is 0.293 e. The zero-order chi connectivity index (χ0) is 19.0. The second kappa shape index (κ2) is 8.26. The van der Waals surface area contributed by atoms with Crippen LogP contribution >= 0.6 is 80.1 Å². The Balaban J connectivity index is 1.85. The lowest BCUT2D eigenvalue weighted by Gasteiger charge is -2.13. The molecule has 1 aliphatic heterocycles. The third-order valence-corrected chi connectivity index (χ3v) is 6.83. The maximum absolute atomic E-state index is 12.6. The van der Waals surface area contributed by atoms with Gasteiger partial charge in [0, 0.05) is 0 Å². The Morgan fingerprint density at radius 1 is 1.08 bits per heavy atom. The van der Waals surface area contributed by atoms with E-state index in [1.54, 1.807) is 36.4 Å². The van der Waals surface area contributed by atoms with Crippen LogP contribution in [0.1, 0.15) is 11.1 Å². The van der Waals surface area contributed by atoms with Crippen molar-refractivity contribution in [2.75, 3.05) is 0 Å². The fourth-order valence-corrected chi connectivity index (χ4v) is 5.25. The van der Waals surface area contributed by atoms with Crippen LogP contribution in [0.5, 0.6) is 5.75 Å². The van der Waals surface area contributed by atoms with Crippen LogP contribution in [0.15, 0.2) is 35.2 Å². The highest BCUT2D eigenvalue weighted by atomic mass is 127. The Morgan fingerprint density at radius 3 is 2.35 bits per heavy atom. The van der Waals surface area contributed by atoms with Crippen molar-refractivity contribution in [3.63, 3.8) is 0 Å². The molecule has 0 atom stereocenters. The van der Waals surface area contributed by atoms with Crippen molar-refractivity contribution < 1.29 is 14.7 Å². The average Bonchev–Trinajstić information content (AvgIpc) is 2.83. The minimum atomic E-state index is -0.357. The summed E-state index contributed by atoms with van der Waals surface area (Å²) in [6.07, 6.45) is 1.66. The predicted octanol–water partition coefficient (Wildman–Crippen LogP) is 6.14. The fourth-order valence-electron chi connectivity index (χ4n) is 2.28. The number of thioether (sulfide) groups is 1. The molecule has 0 aromatic heterocycles. The van der Waals surface area contributed by atoms with Gasteiger partial charge in [0.2, 0.25) is 0 Å². The first-order valence-electron chi connectivity index (χ1n) is 7.13. The molecule has 1 aliphatic rings. The number of hydrogen-bond acceptors (Lipinski definition) is 4. The Labute approximate surface area is 191 Å². The quantitative estimate of drug-likeness (QED) is 0.327. The van der Waals surface area contributed by atoms with Gasteiger partial charge in [-0.25, -0.2) is 0 Å². The van der Waals surface area contributed by atoms with E-state index in [1.807, 2.05) is 45.2 Å². The van der Waals surface area contributed by atoms with Crippen LogP contribution in [0.3, 0.4) is 0 Å². The highest BCUT2D eigenvalue weighted by Crippen LogP contribution is 2.35. The summed E-state index contributed by atoms with van der Waals surface area (Å²) in [5.74, 6) is -0.153. The molecule has 0 aliphatic carbocycles. The van der Waals surface area contributed by atoms with Crippen molar-refractivity contribution in [1.29, 1.82) is 0 Å². The van der Waals surface area contributed by atoms with E-state index < -0.39 is 0 Å². The SMILES string of the molecule is O=C1S/C(=C\c2cc(I)c(O)c(I)c2)C(=O)N1Cc1ccc(Cl)c(Cl)c1. The summed E-state index contributed by atoms with van der Waals surface area (Å²) in [4.78, 5) is 26.4. The second-order valence-electron chi connectivity index (χ2n) is 5.35. The molecular formula is C17H9Cl2I2NO3S. The van der Waals surface area contributed by atoms with Crippen LogP contribution in [-0.4, -0.2) is 21.2 Å². The number of nitrogens with zero attached hydrogens (tertiary/aromatic N) is 1. The molecule has 0 radical (unpaired) electrons. The molecule has 2 amide bonds. The number of carbonyl (C=O) groups excluding carboxylic acids is 2. The van der Waals surface area contributed by atoms with Gasteiger partial charge in [-0.2, -0.15) is 0 Å². The van der Waals surface area contributed by atoms with E-state index in [2.05, 4.69) is 0 Å². The molecule has 1 heterocycles. The van der Waals surface area contributed by atoms with Gasteiger partial charge in [0.05, 0.1) is 28.6 Å². The van der Waals surface area contributed by atoms with Gasteiger partial charge in [-0.1, -0.05) is 29.3 Å². The standard InChI is InChI=1S/C17H9Cl2I2NO3S/c18-10-2-1-8(3-11(10)19)7-22-16(24)14(26-17(22)25)6-9-4-12(20)15(23)13(21)5-9/h1-6,23H,7H2/b14-6-. The molecule has 3 rings (SSSR count). The molecule has 9 heteroatoms. The zero-order valence-electron chi connectivity index (χ0n) is 12.8. The van der Waals surface area contributed by atoms with Crippen LogP contribution < -0.4 is 0 Å². The number of amides is 2. The van der Waals surface area contributed by atoms with E-state index >= 15 is 0 Å². The Hall–Kier alpha value is -0.490. The third kappa shape index (κ3) is 4.32. The van der Waals surface area contributed by atoms with Gasteiger partial charge in [-0.15, -0.1) is 0 Å².